The number of hydrogen-bond donors (Lipinski definition) is 1. The van der Waals surface area contributed by atoms with Crippen molar-refractivity contribution in [3.63, 3.8) is 0 Å². The fraction of sp³-hybridized carbons (Fsp3) is 0.625. The van der Waals surface area contributed by atoms with E-state index in [-0.39, 0.29) is 5.54 Å². The smallest absolute Gasteiger partial charge is 0.0343 e. The van der Waals surface area contributed by atoms with E-state index in [1.807, 2.05) is 0 Å². The Labute approximate surface area is 111 Å². The van der Waals surface area contributed by atoms with E-state index in [0.717, 1.165) is 13.0 Å². The zero-order chi connectivity index (χ0) is 12.8. The van der Waals surface area contributed by atoms with E-state index in [9.17, 15) is 0 Å². The minimum Gasteiger partial charge on any atom is -0.329 e. The van der Waals surface area contributed by atoms with Gasteiger partial charge in [-0.1, -0.05) is 43.2 Å². The first-order valence-electron chi connectivity index (χ1n) is 7.24. The third-order valence-electron chi connectivity index (χ3n) is 4.24. The summed E-state index contributed by atoms with van der Waals surface area (Å²) in [5.74, 6) is 0. The summed E-state index contributed by atoms with van der Waals surface area (Å²) in [4.78, 5) is 2.62. The maximum atomic E-state index is 6.10. The minimum atomic E-state index is 0.117. The Morgan fingerprint density at radius 3 is 2.22 bits per heavy atom. The van der Waals surface area contributed by atoms with E-state index in [4.69, 9.17) is 5.73 Å². The Balaban J connectivity index is 2.08. The number of rotatable bonds is 4. The van der Waals surface area contributed by atoms with Crippen LogP contribution in [0.1, 0.15) is 38.2 Å². The van der Waals surface area contributed by atoms with Crippen molar-refractivity contribution in [2.24, 2.45) is 5.73 Å². The van der Waals surface area contributed by atoms with Crippen LogP contribution in [0.5, 0.6) is 0 Å². The Morgan fingerprint density at radius 1 is 1.06 bits per heavy atom. The highest BCUT2D eigenvalue weighted by atomic mass is 15.2. The number of likely N-dealkylation sites (tertiary alicyclic amines) is 1. The summed E-state index contributed by atoms with van der Waals surface area (Å²) in [6.45, 7) is 5.48. The van der Waals surface area contributed by atoms with Gasteiger partial charge in [-0.25, -0.2) is 0 Å². The fourth-order valence-electron chi connectivity index (χ4n) is 2.96. The van der Waals surface area contributed by atoms with Gasteiger partial charge in [0.05, 0.1) is 0 Å². The first-order chi connectivity index (χ1) is 8.74. The topological polar surface area (TPSA) is 29.3 Å². The van der Waals surface area contributed by atoms with E-state index >= 15 is 0 Å². The van der Waals surface area contributed by atoms with E-state index in [1.165, 1.54) is 44.3 Å². The van der Waals surface area contributed by atoms with Crippen molar-refractivity contribution >= 4 is 0 Å². The molecule has 0 amide bonds. The van der Waals surface area contributed by atoms with Crippen molar-refractivity contribution in [3.05, 3.63) is 35.9 Å². The highest BCUT2D eigenvalue weighted by molar-refractivity contribution is 5.18. The van der Waals surface area contributed by atoms with Gasteiger partial charge in [0.25, 0.3) is 0 Å². The largest absolute Gasteiger partial charge is 0.329 e. The first kappa shape index (κ1) is 13.6. The van der Waals surface area contributed by atoms with E-state index in [1.54, 1.807) is 0 Å². The third kappa shape index (κ3) is 3.33. The average molecular weight is 246 g/mol. The number of hydrogen-bond acceptors (Lipinski definition) is 2. The zero-order valence-corrected chi connectivity index (χ0v) is 11.6. The molecule has 100 valence electrons. The number of benzene rings is 1. The van der Waals surface area contributed by atoms with Crippen LogP contribution in [0.25, 0.3) is 0 Å². The van der Waals surface area contributed by atoms with Crippen LogP contribution in [0, 0.1) is 0 Å². The monoisotopic (exact) mass is 246 g/mol. The lowest BCUT2D eigenvalue weighted by Crippen LogP contribution is -2.53. The van der Waals surface area contributed by atoms with Gasteiger partial charge in [0.15, 0.2) is 0 Å². The van der Waals surface area contributed by atoms with Gasteiger partial charge in [0.2, 0.25) is 0 Å². The second-order valence-electron chi connectivity index (χ2n) is 5.76. The summed E-state index contributed by atoms with van der Waals surface area (Å²) in [5, 5.41) is 0. The molecule has 0 radical (unpaired) electrons. The SMILES string of the molecule is CC(CN)(Cc1ccccc1)N1CCCCCC1. The molecular formula is C16H26N2. The minimum absolute atomic E-state index is 0.117. The van der Waals surface area contributed by atoms with Gasteiger partial charge in [-0.3, -0.25) is 4.90 Å². The van der Waals surface area contributed by atoms with Crippen LogP contribution in [-0.2, 0) is 6.42 Å². The summed E-state index contributed by atoms with van der Waals surface area (Å²) >= 11 is 0. The van der Waals surface area contributed by atoms with Crippen LogP contribution in [0.2, 0.25) is 0 Å². The van der Waals surface area contributed by atoms with Crippen molar-refractivity contribution in [1.82, 2.24) is 4.90 Å². The molecule has 1 fully saturated rings. The molecule has 1 aliphatic heterocycles. The van der Waals surface area contributed by atoms with Crippen LogP contribution >= 0.6 is 0 Å². The standard InChI is InChI=1S/C16H26N2/c1-16(14-17,13-15-9-5-4-6-10-15)18-11-7-2-3-8-12-18/h4-6,9-10H,2-3,7-8,11-14,17H2,1H3. The number of nitrogens with zero attached hydrogens (tertiary/aromatic N) is 1. The number of nitrogens with two attached hydrogens (primary N) is 1. The van der Waals surface area contributed by atoms with Crippen molar-refractivity contribution in [2.75, 3.05) is 19.6 Å². The molecule has 18 heavy (non-hydrogen) atoms. The molecule has 2 nitrogen and oxygen atoms in total. The average Bonchev–Trinajstić information content (AvgIpc) is 2.69. The lowest BCUT2D eigenvalue weighted by atomic mass is 9.90. The van der Waals surface area contributed by atoms with Crippen LogP contribution < -0.4 is 5.73 Å². The molecular weight excluding hydrogens is 220 g/mol. The Bertz CT molecular complexity index is 341. The Morgan fingerprint density at radius 2 is 1.67 bits per heavy atom. The molecule has 1 atom stereocenters. The van der Waals surface area contributed by atoms with Crippen LogP contribution in [0.3, 0.4) is 0 Å². The van der Waals surface area contributed by atoms with Gasteiger partial charge >= 0.3 is 0 Å². The predicted molar refractivity (Wildman–Crippen MR) is 77.6 cm³/mol. The molecule has 0 aliphatic carbocycles. The molecule has 0 saturated carbocycles. The van der Waals surface area contributed by atoms with Gasteiger partial charge in [0.1, 0.15) is 0 Å². The van der Waals surface area contributed by atoms with Crippen molar-refractivity contribution < 1.29 is 0 Å². The van der Waals surface area contributed by atoms with E-state index in [0.29, 0.717) is 0 Å². The highest BCUT2D eigenvalue weighted by Gasteiger charge is 2.30. The Kier molecular flexibility index (Phi) is 4.79. The molecule has 2 heteroatoms. The first-order valence-corrected chi connectivity index (χ1v) is 7.24. The second-order valence-corrected chi connectivity index (χ2v) is 5.76. The summed E-state index contributed by atoms with van der Waals surface area (Å²) < 4.78 is 0. The van der Waals surface area contributed by atoms with Crippen LogP contribution in [-0.4, -0.2) is 30.1 Å². The van der Waals surface area contributed by atoms with Gasteiger partial charge in [-0.2, -0.15) is 0 Å². The fourth-order valence-corrected chi connectivity index (χ4v) is 2.96. The molecule has 1 heterocycles. The molecule has 1 aromatic carbocycles. The lowest BCUT2D eigenvalue weighted by Gasteiger charge is -2.40. The molecule has 1 aliphatic rings. The second kappa shape index (κ2) is 6.35. The lowest BCUT2D eigenvalue weighted by molar-refractivity contribution is 0.114. The molecule has 1 aromatic rings. The Hall–Kier alpha value is -0.860. The van der Waals surface area contributed by atoms with Gasteiger partial charge in [0, 0.05) is 12.1 Å². The summed E-state index contributed by atoms with van der Waals surface area (Å²) in [5.41, 5.74) is 7.61. The van der Waals surface area contributed by atoms with Crippen LogP contribution in [0.4, 0.5) is 0 Å². The predicted octanol–water partition coefficient (Wildman–Crippen LogP) is 2.82. The van der Waals surface area contributed by atoms with Crippen molar-refractivity contribution in [1.29, 1.82) is 0 Å². The summed E-state index contributed by atoms with van der Waals surface area (Å²) in [7, 11) is 0. The molecule has 1 saturated heterocycles. The van der Waals surface area contributed by atoms with E-state index < -0.39 is 0 Å². The summed E-state index contributed by atoms with van der Waals surface area (Å²) in [6, 6.07) is 10.7. The van der Waals surface area contributed by atoms with Crippen molar-refractivity contribution in [3.8, 4) is 0 Å². The van der Waals surface area contributed by atoms with Crippen molar-refractivity contribution in [2.45, 2.75) is 44.6 Å². The molecule has 0 spiro atoms. The normalized spacial score (nSPS) is 21.2. The third-order valence-corrected chi connectivity index (χ3v) is 4.24. The highest BCUT2D eigenvalue weighted by Crippen LogP contribution is 2.23. The molecule has 2 rings (SSSR count). The molecule has 1 unspecified atom stereocenters. The quantitative estimate of drug-likeness (QED) is 0.885. The maximum Gasteiger partial charge on any atom is 0.0343 e. The molecule has 0 bridgehead atoms. The van der Waals surface area contributed by atoms with Gasteiger partial charge < -0.3 is 5.73 Å². The summed E-state index contributed by atoms with van der Waals surface area (Å²) in [6.07, 6.45) is 6.46. The van der Waals surface area contributed by atoms with E-state index in [2.05, 4.69) is 42.2 Å². The maximum absolute atomic E-state index is 6.10. The van der Waals surface area contributed by atoms with Gasteiger partial charge in [-0.15, -0.1) is 0 Å². The molecule has 0 aromatic heterocycles. The zero-order valence-electron chi connectivity index (χ0n) is 11.6. The molecule has 2 N–H and O–H groups in total. The van der Waals surface area contributed by atoms with Crippen LogP contribution in [0.15, 0.2) is 30.3 Å². The van der Waals surface area contributed by atoms with Gasteiger partial charge in [-0.05, 0) is 44.8 Å².